The predicted octanol–water partition coefficient (Wildman–Crippen LogP) is 4.15. The van der Waals surface area contributed by atoms with Crippen molar-refractivity contribution in [3.05, 3.63) is 54.1 Å². The summed E-state index contributed by atoms with van der Waals surface area (Å²) in [5.41, 5.74) is -2.54. The van der Waals surface area contributed by atoms with Gasteiger partial charge in [0.25, 0.3) is 9.84 Å². The molecule has 0 unspecified atom stereocenters. The molecule has 0 spiro atoms. The van der Waals surface area contributed by atoms with Crippen molar-refractivity contribution in [1.82, 2.24) is 0 Å². The van der Waals surface area contributed by atoms with Gasteiger partial charge in [0.05, 0.1) is 4.90 Å². The second kappa shape index (κ2) is 8.02. The number of sulfone groups is 1. The fourth-order valence-electron chi connectivity index (χ4n) is 2.74. The minimum Gasteiger partial charge on any atom is -0.381 e. The second-order valence-corrected chi connectivity index (χ2v) is 9.26. The highest BCUT2D eigenvalue weighted by Gasteiger charge is 2.46. The Morgan fingerprint density at radius 1 is 0.963 bits per heavy atom. The van der Waals surface area contributed by atoms with Gasteiger partial charge in [-0.2, -0.15) is 24.9 Å². The molecule has 1 heterocycles. The van der Waals surface area contributed by atoms with Crippen LogP contribution in [0.2, 0.25) is 0 Å². The van der Waals surface area contributed by atoms with E-state index < -0.39 is 20.2 Å². The molecular formula is C18H19F3N2O2S2. The summed E-state index contributed by atoms with van der Waals surface area (Å²) in [6.45, 7) is 2.56. The van der Waals surface area contributed by atoms with Gasteiger partial charge in [0.15, 0.2) is 0 Å². The fourth-order valence-corrected chi connectivity index (χ4v) is 4.40. The Morgan fingerprint density at radius 2 is 1.56 bits per heavy atom. The first kappa shape index (κ1) is 19.9. The number of benzene rings is 2. The zero-order valence-electron chi connectivity index (χ0n) is 14.4. The Morgan fingerprint density at radius 3 is 2.11 bits per heavy atom. The molecule has 0 radical (unpaired) electrons. The molecule has 2 aromatic rings. The second-order valence-electron chi connectivity index (χ2n) is 6.09. The highest BCUT2D eigenvalue weighted by Crippen LogP contribution is 2.30. The van der Waals surface area contributed by atoms with Crippen LogP contribution in [0, 0.1) is 0 Å². The van der Waals surface area contributed by atoms with E-state index in [2.05, 4.69) is 22.3 Å². The van der Waals surface area contributed by atoms with Gasteiger partial charge in [0, 0.05) is 42.5 Å². The van der Waals surface area contributed by atoms with Gasteiger partial charge in [0.1, 0.15) is 0 Å². The van der Waals surface area contributed by atoms with Gasteiger partial charge in [-0.15, -0.1) is 0 Å². The number of hydrogen-bond donors (Lipinski definition) is 1. The molecule has 1 fully saturated rings. The maximum absolute atomic E-state index is 12.5. The molecule has 4 nitrogen and oxygen atoms in total. The van der Waals surface area contributed by atoms with E-state index in [0.717, 1.165) is 42.3 Å². The number of nitrogens with zero attached hydrogens (tertiary/aromatic N) is 1. The third-order valence-electron chi connectivity index (χ3n) is 4.28. The number of rotatable bonds is 5. The average molecular weight is 416 g/mol. The van der Waals surface area contributed by atoms with Crippen molar-refractivity contribution >= 4 is 33.0 Å². The fraction of sp³-hybridized carbons (Fsp3) is 0.333. The molecule has 1 N–H and O–H groups in total. The third-order valence-corrected chi connectivity index (χ3v) is 6.72. The summed E-state index contributed by atoms with van der Waals surface area (Å²) in [7, 11) is -5.31. The van der Waals surface area contributed by atoms with Crippen LogP contribution in [0.15, 0.2) is 53.4 Å². The molecule has 0 aromatic heterocycles. The molecule has 0 amide bonds. The third kappa shape index (κ3) is 4.70. The van der Waals surface area contributed by atoms with E-state index in [9.17, 15) is 21.6 Å². The molecule has 27 heavy (non-hydrogen) atoms. The molecule has 3 rings (SSSR count). The Hall–Kier alpha value is -1.87. The Kier molecular flexibility index (Phi) is 5.90. The normalized spacial score (nSPS) is 15.6. The summed E-state index contributed by atoms with van der Waals surface area (Å²) < 4.78 is 60.4. The van der Waals surface area contributed by atoms with Crippen molar-refractivity contribution in [3.63, 3.8) is 0 Å². The number of halogens is 3. The monoisotopic (exact) mass is 416 g/mol. The number of anilines is 2. The highest BCUT2D eigenvalue weighted by molar-refractivity contribution is 7.99. The number of thioether (sulfide) groups is 1. The molecular weight excluding hydrogens is 397 g/mol. The maximum atomic E-state index is 12.5. The lowest BCUT2D eigenvalue weighted by molar-refractivity contribution is -0.0436. The van der Waals surface area contributed by atoms with Gasteiger partial charge in [-0.25, -0.2) is 8.42 Å². The lowest BCUT2D eigenvalue weighted by atomic mass is 10.2. The molecule has 1 saturated heterocycles. The first-order chi connectivity index (χ1) is 12.8. The van der Waals surface area contributed by atoms with Crippen LogP contribution >= 0.6 is 11.8 Å². The number of nitrogens with one attached hydrogen (secondary N) is 1. The van der Waals surface area contributed by atoms with Gasteiger partial charge in [0.2, 0.25) is 0 Å². The van der Waals surface area contributed by atoms with Crippen LogP contribution in [-0.2, 0) is 16.4 Å². The van der Waals surface area contributed by atoms with E-state index in [-0.39, 0.29) is 0 Å². The van der Waals surface area contributed by atoms with Crippen molar-refractivity contribution in [2.75, 3.05) is 34.8 Å². The first-order valence-corrected chi connectivity index (χ1v) is 11.0. The summed E-state index contributed by atoms with van der Waals surface area (Å²) in [4.78, 5) is 1.58. The van der Waals surface area contributed by atoms with Crippen molar-refractivity contribution < 1.29 is 21.6 Å². The topological polar surface area (TPSA) is 49.4 Å². The van der Waals surface area contributed by atoms with E-state index in [1.807, 2.05) is 23.9 Å². The molecule has 1 aliphatic heterocycles. The maximum Gasteiger partial charge on any atom is 0.501 e. The average Bonchev–Trinajstić information content (AvgIpc) is 2.67. The van der Waals surface area contributed by atoms with E-state index in [0.29, 0.717) is 12.2 Å². The Labute approximate surface area is 160 Å². The predicted molar refractivity (Wildman–Crippen MR) is 103 cm³/mol. The Bertz CT molecular complexity index is 861. The van der Waals surface area contributed by atoms with Crippen molar-refractivity contribution in [2.45, 2.75) is 16.9 Å². The summed E-state index contributed by atoms with van der Waals surface area (Å²) in [5.74, 6) is 2.26. The minimum atomic E-state index is -5.31. The number of hydrogen-bond acceptors (Lipinski definition) is 5. The molecule has 0 aliphatic carbocycles. The molecule has 146 valence electrons. The quantitative estimate of drug-likeness (QED) is 0.794. The van der Waals surface area contributed by atoms with Crippen LogP contribution in [0.5, 0.6) is 0 Å². The van der Waals surface area contributed by atoms with Crippen molar-refractivity contribution in [1.29, 1.82) is 0 Å². The molecule has 0 bridgehead atoms. The summed E-state index contributed by atoms with van der Waals surface area (Å²) in [6, 6.07) is 12.7. The molecule has 0 saturated carbocycles. The minimum absolute atomic E-state index is 0.488. The zero-order valence-corrected chi connectivity index (χ0v) is 16.0. The summed E-state index contributed by atoms with van der Waals surface area (Å²) in [6.07, 6.45) is 0. The summed E-state index contributed by atoms with van der Waals surface area (Å²) in [5, 5.41) is 3.08. The van der Waals surface area contributed by atoms with E-state index >= 15 is 0 Å². The van der Waals surface area contributed by atoms with Crippen LogP contribution in [0.1, 0.15) is 5.56 Å². The van der Waals surface area contributed by atoms with Gasteiger partial charge in [-0.05, 0) is 42.0 Å². The Balaban J connectivity index is 1.60. The zero-order chi connectivity index (χ0) is 19.5. The van der Waals surface area contributed by atoms with Crippen LogP contribution in [0.25, 0.3) is 0 Å². The molecule has 1 aliphatic rings. The number of alkyl halides is 3. The smallest absolute Gasteiger partial charge is 0.381 e. The molecule has 2 aromatic carbocycles. The lowest BCUT2D eigenvalue weighted by Crippen LogP contribution is -2.32. The SMILES string of the molecule is O=S(=O)(c1ccc(NCc2ccc(N3CCSCC3)cc2)cc1)C(F)(F)F. The van der Waals surface area contributed by atoms with Crippen LogP contribution in [0.3, 0.4) is 0 Å². The van der Waals surface area contributed by atoms with Crippen LogP contribution in [-0.4, -0.2) is 38.5 Å². The van der Waals surface area contributed by atoms with Gasteiger partial charge in [-0.3, -0.25) is 0 Å². The molecule has 9 heteroatoms. The van der Waals surface area contributed by atoms with E-state index in [4.69, 9.17) is 0 Å². The first-order valence-electron chi connectivity index (χ1n) is 8.34. The van der Waals surface area contributed by atoms with E-state index in [1.54, 1.807) is 0 Å². The van der Waals surface area contributed by atoms with Crippen molar-refractivity contribution in [3.8, 4) is 0 Å². The van der Waals surface area contributed by atoms with Gasteiger partial charge in [-0.1, -0.05) is 12.1 Å². The van der Waals surface area contributed by atoms with Crippen LogP contribution in [0.4, 0.5) is 24.5 Å². The van der Waals surface area contributed by atoms with E-state index in [1.165, 1.54) is 17.8 Å². The largest absolute Gasteiger partial charge is 0.501 e. The van der Waals surface area contributed by atoms with Crippen molar-refractivity contribution in [2.24, 2.45) is 0 Å². The molecule has 0 atom stereocenters. The van der Waals surface area contributed by atoms with Crippen LogP contribution < -0.4 is 10.2 Å². The lowest BCUT2D eigenvalue weighted by Gasteiger charge is -2.28. The standard InChI is InChI=1S/C18H19F3N2O2S2/c19-18(20,21)27(24,25)17-7-3-15(4-8-17)22-13-14-1-5-16(6-2-14)23-9-11-26-12-10-23/h1-8,22H,9-13H2. The van der Waals surface area contributed by atoms with Gasteiger partial charge >= 0.3 is 5.51 Å². The summed E-state index contributed by atoms with van der Waals surface area (Å²) >= 11 is 1.95. The van der Waals surface area contributed by atoms with Gasteiger partial charge < -0.3 is 10.2 Å². The highest BCUT2D eigenvalue weighted by atomic mass is 32.2.